The fourth-order valence-electron chi connectivity index (χ4n) is 13.5. The zero-order valence-corrected chi connectivity index (χ0v) is 44.9. The van der Waals surface area contributed by atoms with Crippen LogP contribution in [0.3, 0.4) is 0 Å². The van der Waals surface area contributed by atoms with Gasteiger partial charge in [-0.05, 0) is 130 Å². The molecule has 0 bridgehead atoms. The molecule has 4 aliphatic rings. The molecule has 0 atom stereocenters. The van der Waals surface area contributed by atoms with E-state index in [0.29, 0.717) is 0 Å². The highest BCUT2D eigenvalue weighted by molar-refractivity contribution is 7.01. The Balaban J connectivity index is 0.000000136. The maximum absolute atomic E-state index is 2.50. The smallest absolute Gasteiger partial charge is 0.254 e. The Morgan fingerprint density at radius 3 is 1.00 bits per heavy atom. The van der Waals surface area contributed by atoms with Crippen LogP contribution < -0.4 is 52.4 Å². The molecule has 0 unspecified atom stereocenters. The first kappa shape index (κ1) is 47.3. The van der Waals surface area contributed by atoms with Crippen LogP contribution in [0.4, 0.5) is 68.5 Å². The average Bonchev–Trinajstić information content (AvgIpc) is 2.65. The Morgan fingerprint density at radius 2 is 0.549 bits per heavy atom. The molecule has 384 valence electrons. The van der Waals surface area contributed by atoms with Crippen LogP contribution in [0.5, 0.6) is 0 Å². The largest absolute Gasteiger partial charge is 0.310 e. The minimum absolute atomic E-state index is 0.0692. The standard InChI is InChI=1S/C40H28BN3.C34H24BN3/c1-5-17-29(18-6-1)38-39-37-40(44(38)32-23-11-4-12-24-32)43(31-21-9-3-10-22-31)36-28-16-14-26-34(36)41(37)33-25-13-15-27-35(33)42(39)30-19-7-2-8-20-30;1-4-14-25(15-5-1)36-24-32-33-34(36)38(27-18-8-3-9-19-27)31-23-13-11-21-29(31)35(33)28-20-10-12-22-30(28)37(32)26-16-6-2-7-17-26/h1-28H;1-24H. The first-order chi connectivity index (χ1) is 40.8. The third-order valence-corrected chi connectivity index (χ3v) is 16.7. The van der Waals surface area contributed by atoms with Gasteiger partial charge in [-0.25, -0.2) is 0 Å². The van der Waals surface area contributed by atoms with Crippen LogP contribution in [0.15, 0.2) is 316 Å². The van der Waals surface area contributed by atoms with E-state index in [9.17, 15) is 0 Å². The monoisotopic (exact) mass is 1050 g/mol. The fourth-order valence-corrected chi connectivity index (χ4v) is 13.5. The minimum Gasteiger partial charge on any atom is -0.310 e. The predicted molar refractivity (Wildman–Crippen MR) is 345 cm³/mol. The summed E-state index contributed by atoms with van der Waals surface area (Å²) in [6, 6.07) is 111. The molecule has 2 aromatic heterocycles. The van der Waals surface area contributed by atoms with Gasteiger partial charge in [0.1, 0.15) is 11.6 Å². The molecule has 13 aromatic rings. The molecule has 6 heterocycles. The molecule has 11 aromatic carbocycles. The fraction of sp³-hybridized carbons (Fsp3) is 0. The van der Waals surface area contributed by atoms with Crippen LogP contribution in [0.2, 0.25) is 0 Å². The molecule has 6 nitrogen and oxygen atoms in total. The van der Waals surface area contributed by atoms with E-state index in [-0.39, 0.29) is 13.4 Å². The molecule has 0 N–H and O–H groups in total. The van der Waals surface area contributed by atoms with Crippen molar-refractivity contribution in [2.75, 3.05) is 19.6 Å². The van der Waals surface area contributed by atoms with E-state index in [1.165, 1.54) is 89.8 Å². The third kappa shape index (κ3) is 7.38. The molecule has 0 spiro atoms. The summed E-state index contributed by atoms with van der Waals surface area (Å²) in [5.41, 5.74) is 24.5. The second-order valence-corrected chi connectivity index (χ2v) is 21.2. The maximum atomic E-state index is 2.50. The van der Waals surface area contributed by atoms with E-state index in [4.69, 9.17) is 0 Å². The quantitative estimate of drug-likeness (QED) is 0.148. The number of hydrogen-bond acceptors (Lipinski definition) is 4. The number of rotatable bonds is 7. The van der Waals surface area contributed by atoms with Crippen molar-refractivity contribution in [3.63, 3.8) is 0 Å². The molecular weight excluding hydrogens is 994 g/mol. The van der Waals surface area contributed by atoms with Gasteiger partial charge in [-0.15, -0.1) is 0 Å². The number of fused-ring (bicyclic) bond motifs is 8. The van der Waals surface area contributed by atoms with Gasteiger partial charge in [-0.2, -0.15) is 0 Å². The summed E-state index contributed by atoms with van der Waals surface area (Å²) in [7, 11) is 0. The van der Waals surface area contributed by atoms with Gasteiger partial charge in [0.25, 0.3) is 13.4 Å². The molecular formula is C74H52B2N6. The second-order valence-electron chi connectivity index (χ2n) is 21.2. The summed E-state index contributed by atoms with van der Waals surface area (Å²) >= 11 is 0. The molecule has 0 saturated carbocycles. The Bertz CT molecular complexity index is 4310. The summed E-state index contributed by atoms with van der Waals surface area (Å²) in [5, 5.41) is 0. The van der Waals surface area contributed by atoms with Crippen LogP contribution in [-0.2, 0) is 0 Å². The van der Waals surface area contributed by atoms with Crippen molar-refractivity contribution in [3.8, 4) is 22.6 Å². The van der Waals surface area contributed by atoms with Crippen molar-refractivity contribution < 1.29 is 0 Å². The summed E-state index contributed by atoms with van der Waals surface area (Å²) < 4.78 is 4.88. The normalized spacial score (nSPS) is 13.0. The molecule has 0 fully saturated rings. The summed E-state index contributed by atoms with van der Waals surface area (Å²) in [5.74, 6) is 2.37. The average molecular weight is 1050 g/mol. The van der Waals surface area contributed by atoms with Crippen LogP contribution in [0.25, 0.3) is 22.6 Å². The molecule has 17 rings (SSSR count). The maximum Gasteiger partial charge on any atom is 0.254 e. The third-order valence-electron chi connectivity index (χ3n) is 16.7. The van der Waals surface area contributed by atoms with Gasteiger partial charge < -0.3 is 14.4 Å². The van der Waals surface area contributed by atoms with Gasteiger partial charge >= 0.3 is 0 Å². The lowest BCUT2D eigenvalue weighted by Crippen LogP contribution is -2.60. The Morgan fingerprint density at radius 1 is 0.232 bits per heavy atom. The molecule has 0 amide bonds. The van der Waals surface area contributed by atoms with E-state index in [2.05, 4.69) is 344 Å². The molecule has 4 aliphatic heterocycles. The lowest BCUT2D eigenvalue weighted by atomic mass is 9.34. The second kappa shape index (κ2) is 19.6. The van der Waals surface area contributed by atoms with E-state index in [1.807, 2.05) is 0 Å². The predicted octanol–water partition coefficient (Wildman–Crippen LogP) is 14.8. The number of benzene rings is 11. The van der Waals surface area contributed by atoms with E-state index < -0.39 is 0 Å². The zero-order valence-electron chi connectivity index (χ0n) is 44.9. The van der Waals surface area contributed by atoms with Crippen molar-refractivity contribution in [2.24, 2.45) is 0 Å². The van der Waals surface area contributed by atoms with Crippen molar-refractivity contribution in [1.82, 2.24) is 9.13 Å². The highest BCUT2D eigenvalue weighted by atomic mass is 15.3. The highest BCUT2D eigenvalue weighted by Gasteiger charge is 2.49. The number of aromatic nitrogens is 2. The van der Waals surface area contributed by atoms with Crippen LogP contribution >= 0.6 is 0 Å². The number of anilines is 12. The van der Waals surface area contributed by atoms with Crippen molar-refractivity contribution >= 4 is 115 Å². The molecule has 82 heavy (non-hydrogen) atoms. The zero-order chi connectivity index (χ0) is 54.1. The van der Waals surface area contributed by atoms with E-state index in [1.54, 1.807) is 0 Å². The number of nitrogens with zero attached hydrogens (tertiary/aromatic N) is 6. The summed E-state index contributed by atoms with van der Waals surface area (Å²) in [4.78, 5) is 9.83. The molecule has 8 heteroatoms. The van der Waals surface area contributed by atoms with E-state index in [0.717, 1.165) is 34.1 Å². The van der Waals surface area contributed by atoms with Crippen LogP contribution in [0, 0.1) is 0 Å². The van der Waals surface area contributed by atoms with Crippen LogP contribution in [-0.4, -0.2) is 22.6 Å². The van der Waals surface area contributed by atoms with Gasteiger partial charge in [-0.1, -0.05) is 212 Å². The Hall–Kier alpha value is -10.7. The summed E-state index contributed by atoms with van der Waals surface area (Å²) in [6.45, 7) is 0.206. The van der Waals surface area contributed by atoms with E-state index >= 15 is 0 Å². The topological polar surface area (TPSA) is 22.8 Å². The van der Waals surface area contributed by atoms with Gasteiger partial charge in [0.15, 0.2) is 0 Å². The minimum atomic E-state index is 0.0692. The van der Waals surface area contributed by atoms with Crippen molar-refractivity contribution in [2.45, 2.75) is 0 Å². The lowest BCUT2D eigenvalue weighted by molar-refractivity contribution is 1.04. The number of hydrogen-bond donors (Lipinski definition) is 0. The highest BCUT2D eigenvalue weighted by Crippen LogP contribution is 2.51. The van der Waals surface area contributed by atoms with Gasteiger partial charge in [0, 0.05) is 68.6 Å². The Kier molecular flexibility index (Phi) is 11.3. The Labute approximate surface area is 479 Å². The molecule has 0 aliphatic carbocycles. The first-order valence-electron chi connectivity index (χ1n) is 28.3. The van der Waals surface area contributed by atoms with Gasteiger partial charge in [0.2, 0.25) is 0 Å². The lowest BCUT2D eigenvalue weighted by Gasteiger charge is -2.41. The van der Waals surface area contributed by atoms with Gasteiger partial charge in [-0.3, -0.25) is 14.4 Å². The number of para-hydroxylation sites is 10. The van der Waals surface area contributed by atoms with Crippen molar-refractivity contribution in [1.29, 1.82) is 0 Å². The first-order valence-corrected chi connectivity index (χ1v) is 28.3. The SMILES string of the molecule is c1ccc(-c2c3c4c(n2-c2ccccc2)N(c2ccccc2)c2ccccc2B4c2ccccc2N3c2ccccc2)cc1.c1ccc(N2c3ccccc3B3c4ccccc4N(c4ccccc4)c4c3c2cn4-c2ccccc2)cc1. The molecule has 0 saturated heterocycles. The summed E-state index contributed by atoms with van der Waals surface area (Å²) in [6.07, 6.45) is 2.33. The molecule has 0 radical (unpaired) electrons. The van der Waals surface area contributed by atoms with Gasteiger partial charge in [0.05, 0.1) is 17.1 Å². The van der Waals surface area contributed by atoms with Crippen molar-refractivity contribution in [3.05, 3.63) is 316 Å². The van der Waals surface area contributed by atoms with Crippen LogP contribution in [0.1, 0.15) is 0 Å².